The Morgan fingerprint density at radius 3 is 2.17 bits per heavy atom. The minimum Gasteiger partial charge on any atom is -0.543 e. The molecule has 0 spiro atoms. The van der Waals surface area contributed by atoms with Crippen molar-refractivity contribution in [3.05, 3.63) is 24.3 Å². The maximum Gasteiger partial charge on any atom is 0.707 e. The second-order valence-electron chi connectivity index (χ2n) is 5.78. The average Bonchev–Trinajstić information content (AvgIpc) is 2.14. The summed E-state index contributed by atoms with van der Waals surface area (Å²) in [6, 6.07) is 6.93. The molecule has 0 bridgehead atoms. The molecule has 0 radical (unpaired) electrons. The van der Waals surface area contributed by atoms with Gasteiger partial charge in [-0.3, -0.25) is 0 Å². The maximum atomic E-state index is 8.76. The maximum absolute atomic E-state index is 8.76. The van der Waals surface area contributed by atoms with Gasteiger partial charge >= 0.3 is 7.32 Å². The average molecular weight is 268 g/mol. The van der Waals surface area contributed by atoms with Crippen molar-refractivity contribution in [3.8, 4) is 11.5 Å². The first-order valence-corrected chi connectivity index (χ1v) is 8.84. The first kappa shape index (κ1) is 15.1. The molecule has 2 N–H and O–H groups in total. The van der Waals surface area contributed by atoms with Crippen LogP contribution in [0.2, 0.25) is 18.1 Å². The second-order valence-corrected chi connectivity index (χ2v) is 10.5. The topological polar surface area (TPSA) is 58.9 Å². The van der Waals surface area contributed by atoms with Crippen LogP contribution in [0.15, 0.2) is 24.3 Å². The molecule has 18 heavy (non-hydrogen) atoms. The Bertz CT molecular complexity index is 401. The highest BCUT2D eigenvalue weighted by atomic mass is 28.4. The molecule has 1 rings (SSSR count). The highest BCUT2D eigenvalue weighted by Crippen LogP contribution is 2.37. The van der Waals surface area contributed by atoms with Crippen molar-refractivity contribution in [2.75, 3.05) is 0 Å². The van der Waals surface area contributed by atoms with Gasteiger partial charge in [0.2, 0.25) is 8.32 Å². The van der Waals surface area contributed by atoms with Crippen LogP contribution in [-0.4, -0.2) is 25.7 Å². The van der Waals surface area contributed by atoms with Crippen LogP contribution in [0.1, 0.15) is 20.8 Å². The van der Waals surface area contributed by atoms with Crippen LogP contribution in [0.25, 0.3) is 0 Å². The minimum atomic E-state index is -1.89. The summed E-state index contributed by atoms with van der Waals surface area (Å²) in [7, 11) is -3.70. The third-order valence-electron chi connectivity index (χ3n) is 3.23. The second kappa shape index (κ2) is 5.34. The summed E-state index contributed by atoms with van der Waals surface area (Å²) in [6.45, 7) is 10.8. The van der Waals surface area contributed by atoms with Crippen molar-refractivity contribution in [1.82, 2.24) is 0 Å². The lowest BCUT2D eigenvalue weighted by Crippen LogP contribution is -2.43. The van der Waals surface area contributed by atoms with Crippen LogP contribution in [0.3, 0.4) is 0 Å². The molecule has 0 saturated carbocycles. The van der Waals surface area contributed by atoms with Crippen molar-refractivity contribution in [2.45, 2.75) is 38.9 Å². The highest BCUT2D eigenvalue weighted by Gasteiger charge is 2.39. The van der Waals surface area contributed by atoms with E-state index in [4.69, 9.17) is 19.1 Å². The zero-order valence-corrected chi connectivity index (χ0v) is 12.6. The Hall–Kier alpha value is -0.978. The monoisotopic (exact) mass is 268 g/mol. The van der Waals surface area contributed by atoms with Crippen molar-refractivity contribution >= 4 is 15.6 Å². The van der Waals surface area contributed by atoms with Crippen LogP contribution >= 0.6 is 0 Å². The SMILES string of the molecule is CC(C)(C)[Si](C)(C)Oc1cccc(OB(O)O)c1. The smallest absolute Gasteiger partial charge is 0.543 e. The van der Waals surface area contributed by atoms with Crippen LogP contribution in [-0.2, 0) is 0 Å². The van der Waals surface area contributed by atoms with Gasteiger partial charge in [-0.2, -0.15) is 0 Å². The largest absolute Gasteiger partial charge is 0.707 e. The predicted octanol–water partition coefficient (Wildman–Crippen LogP) is 2.42. The Morgan fingerprint density at radius 1 is 1.11 bits per heavy atom. The van der Waals surface area contributed by atoms with Crippen LogP contribution < -0.4 is 9.08 Å². The van der Waals surface area contributed by atoms with Gasteiger partial charge in [-0.25, -0.2) is 0 Å². The fourth-order valence-corrected chi connectivity index (χ4v) is 2.20. The molecule has 6 heteroatoms. The summed E-state index contributed by atoms with van der Waals surface area (Å²) in [4.78, 5) is 0. The molecule has 0 heterocycles. The molecule has 0 aliphatic heterocycles. The molecule has 0 fully saturated rings. The van der Waals surface area contributed by atoms with Crippen LogP contribution in [0.4, 0.5) is 0 Å². The lowest BCUT2D eigenvalue weighted by Gasteiger charge is -2.36. The molecule has 0 saturated heterocycles. The summed E-state index contributed by atoms with van der Waals surface area (Å²) in [6.07, 6.45) is 0. The standard InChI is InChI=1S/C12H21BO4Si/c1-12(2,3)18(4,5)17-11-8-6-7-10(9-11)16-13(14)15/h6-9,14-15H,1-5H3. The molecule has 0 aliphatic carbocycles. The van der Waals surface area contributed by atoms with Gasteiger partial charge in [0.1, 0.15) is 11.5 Å². The zero-order chi connectivity index (χ0) is 14.0. The van der Waals surface area contributed by atoms with Gasteiger partial charge in [-0.05, 0) is 30.3 Å². The fourth-order valence-electron chi connectivity index (χ4n) is 1.18. The number of hydrogen-bond donors (Lipinski definition) is 2. The van der Waals surface area contributed by atoms with Crippen molar-refractivity contribution in [2.24, 2.45) is 0 Å². The van der Waals surface area contributed by atoms with E-state index in [1.807, 2.05) is 6.07 Å². The summed E-state index contributed by atoms with van der Waals surface area (Å²) in [5, 5.41) is 17.6. The summed E-state index contributed by atoms with van der Waals surface area (Å²) >= 11 is 0. The number of rotatable bonds is 4. The van der Waals surface area contributed by atoms with E-state index < -0.39 is 15.6 Å². The van der Waals surface area contributed by atoms with Gasteiger partial charge in [0.05, 0.1) is 0 Å². The molecule has 100 valence electrons. The quantitative estimate of drug-likeness (QED) is 0.823. The first-order valence-electron chi connectivity index (χ1n) is 5.94. The third kappa shape index (κ3) is 4.04. The van der Waals surface area contributed by atoms with Gasteiger partial charge in [0.15, 0.2) is 0 Å². The van der Waals surface area contributed by atoms with Gasteiger partial charge in [0, 0.05) is 6.07 Å². The van der Waals surface area contributed by atoms with E-state index in [9.17, 15) is 0 Å². The molecular formula is C12H21BO4Si. The minimum absolute atomic E-state index is 0.111. The van der Waals surface area contributed by atoms with Crippen molar-refractivity contribution < 1.29 is 19.1 Å². The molecule has 0 unspecified atom stereocenters. The highest BCUT2D eigenvalue weighted by molar-refractivity contribution is 6.74. The normalized spacial score (nSPS) is 12.2. The van der Waals surface area contributed by atoms with Crippen molar-refractivity contribution in [3.63, 3.8) is 0 Å². The van der Waals surface area contributed by atoms with E-state index >= 15 is 0 Å². The Balaban J connectivity index is 2.85. The summed E-state index contributed by atoms with van der Waals surface area (Å²) in [5.74, 6) is 1.07. The lowest BCUT2D eigenvalue weighted by molar-refractivity contribution is 0.288. The van der Waals surface area contributed by atoms with Gasteiger partial charge < -0.3 is 19.1 Å². The Kier molecular flexibility index (Phi) is 4.47. The van der Waals surface area contributed by atoms with E-state index in [-0.39, 0.29) is 5.04 Å². The predicted molar refractivity (Wildman–Crippen MR) is 75.1 cm³/mol. The fraction of sp³-hybridized carbons (Fsp3) is 0.500. The van der Waals surface area contributed by atoms with Crippen LogP contribution in [0.5, 0.6) is 11.5 Å². The van der Waals surface area contributed by atoms with E-state index in [1.165, 1.54) is 0 Å². The molecule has 0 atom stereocenters. The van der Waals surface area contributed by atoms with Crippen molar-refractivity contribution in [1.29, 1.82) is 0 Å². The van der Waals surface area contributed by atoms with Gasteiger partial charge in [0.25, 0.3) is 0 Å². The summed E-state index contributed by atoms with van der Waals surface area (Å²) < 4.78 is 10.9. The Labute approximate surface area is 110 Å². The van der Waals surface area contributed by atoms with Crippen LogP contribution in [0, 0.1) is 0 Å². The third-order valence-corrected chi connectivity index (χ3v) is 7.58. The van der Waals surface area contributed by atoms with E-state index in [0.717, 1.165) is 0 Å². The molecule has 1 aromatic rings. The number of hydrogen-bond acceptors (Lipinski definition) is 4. The zero-order valence-electron chi connectivity index (χ0n) is 11.6. The summed E-state index contributed by atoms with van der Waals surface area (Å²) in [5.41, 5.74) is 0. The molecule has 4 nitrogen and oxygen atoms in total. The van der Waals surface area contributed by atoms with E-state index in [1.54, 1.807) is 18.2 Å². The molecule has 1 aromatic carbocycles. The molecule has 0 aliphatic rings. The first-order chi connectivity index (χ1) is 8.12. The number of benzene rings is 1. The van der Waals surface area contributed by atoms with E-state index in [2.05, 4.69) is 33.9 Å². The van der Waals surface area contributed by atoms with Gasteiger partial charge in [-0.1, -0.05) is 26.8 Å². The molecule has 0 aromatic heterocycles. The Morgan fingerprint density at radius 2 is 1.67 bits per heavy atom. The molecular weight excluding hydrogens is 247 g/mol. The molecule has 0 amide bonds. The lowest BCUT2D eigenvalue weighted by atomic mass is 10.2. The van der Waals surface area contributed by atoms with E-state index in [0.29, 0.717) is 11.5 Å². The van der Waals surface area contributed by atoms with Gasteiger partial charge in [-0.15, -0.1) is 0 Å².